The van der Waals surface area contributed by atoms with Gasteiger partial charge in [0.05, 0.1) is 30.5 Å². The number of carbonyl (C=O) groups is 2. The van der Waals surface area contributed by atoms with Gasteiger partial charge in [0.2, 0.25) is 0 Å². The van der Waals surface area contributed by atoms with Crippen LogP contribution in [0.5, 0.6) is 17.2 Å². The summed E-state index contributed by atoms with van der Waals surface area (Å²) < 4.78 is 16.9. The lowest BCUT2D eigenvalue weighted by molar-refractivity contribution is -0.118. The average Bonchev–Trinajstić information content (AvgIpc) is 3.15. The lowest BCUT2D eigenvalue weighted by Crippen LogP contribution is -2.27. The van der Waals surface area contributed by atoms with Crippen LogP contribution < -0.4 is 24.4 Å². The highest BCUT2D eigenvalue weighted by atomic mass is 32.2. The Morgan fingerprint density at radius 1 is 1.00 bits per heavy atom. The lowest BCUT2D eigenvalue weighted by Gasteiger charge is -2.15. The molecule has 1 saturated heterocycles. The van der Waals surface area contributed by atoms with Crippen molar-refractivity contribution in [2.75, 3.05) is 31.0 Å². The zero-order valence-corrected chi connectivity index (χ0v) is 21.6. The minimum atomic E-state index is -0.342. The van der Waals surface area contributed by atoms with Crippen LogP contribution in [-0.4, -0.2) is 37.0 Å². The zero-order chi connectivity index (χ0) is 25.7. The number of benzene rings is 3. The molecule has 1 fully saturated rings. The maximum atomic E-state index is 13.1. The van der Waals surface area contributed by atoms with Crippen LogP contribution in [0.1, 0.15) is 11.1 Å². The molecule has 9 heteroatoms. The summed E-state index contributed by atoms with van der Waals surface area (Å²) in [6, 6.07) is 20.0. The van der Waals surface area contributed by atoms with Gasteiger partial charge >= 0.3 is 0 Å². The van der Waals surface area contributed by atoms with Gasteiger partial charge < -0.3 is 19.5 Å². The van der Waals surface area contributed by atoms with Gasteiger partial charge in [0, 0.05) is 0 Å². The SMILES string of the molecule is COc1ccccc1NC(=O)COc1ccc(/C=C2/SC(=S)N(c3cccc(C)c3)C2=O)cc1OC. The minimum absolute atomic E-state index is 0.178. The van der Waals surface area contributed by atoms with Crippen molar-refractivity contribution < 1.29 is 23.8 Å². The number of thioether (sulfide) groups is 1. The molecule has 3 aromatic rings. The number of thiocarbonyl (C=S) groups is 1. The molecular formula is C27H24N2O5S2. The van der Waals surface area contributed by atoms with Gasteiger partial charge in [-0.25, -0.2) is 0 Å². The number of carbonyl (C=O) groups excluding carboxylic acids is 2. The molecule has 3 aromatic carbocycles. The number of para-hydroxylation sites is 2. The molecule has 0 radical (unpaired) electrons. The zero-order valence-electron chi connectivity index (χ0n) is 19.9. The molecule has 0 unspecified atom stereocenters. The van der Waals surface area contributed by atoms with Gasteiger partial charge in [0.15, 0.2) is 22.4 Å². The van der Waals surface area contributed by atoms with Crippen LogP contribution in [0, 0.1) is 6.92 Å². The van der Waals surface area contributed by atoms with E-state index in [1.165, 1.54) is 30.9 Å². The van der Waals surface area contributed by atoms with Crippen LogP contribution >= 0.6 is 24.0 Å². The van der Waals surface area contributed by atoms with Crippen molar-refractivity contribution >= 4 is 57.6 Å². The van der Waals surface area contributed by atoms with Crippen LogP contribution in [0.25, 0.3) is 6.08 Å². The van der Waals surface area contributed by atoms with E-state index in [1.807, 2.05) is 37.3 Å². The summed E-state index contributed by atoms with van der Waals surface area (Å²) in [5.41, 5.74) is 3.08. The fraction of sp³-hybridized carbons (Fsp3) is 0.148. The van der Waals surface area contributed by atoms with E-state index in [1.54, 1.807) is 42.5 Å². The number of aryl methyl sites for hydroxylation is 1. The molecule has 0 atom stereocenters. The van der Waals surface area contributed by atoms with E-state index in [-0.39, 0.29) is 18.4 Å². The molecule has 1 aliphatic heterocycles. The van der Waals surface area contributed by atoms with E-state index in [9.17, 15) is 9.59 Å². The Labute approximate surface area is 219 Å². The number of hydrogen-bond acceptors (Lipinski definition) is 7. The smallest absolute Gasteiger partial charge is 0.270 e. The molecule has 0 aromatic heterocycles. The van der Waals surface area contributed by atoms with Crippen molar-refractivity contribution in [3.63, 3.8) is 0 Å². The first-order chi connectivity index (χ1) is 17.4. The summed E-state index contributed by atoms with van der Waals surface area (Å²) >= 11 is 6.71. The molecule has 2 amide bonds. The van der Waals surface area contributed by atoms with Crippen molar-refractivity contribution in [2.45, 2.75) is 6.92 Å². The van der Waals surface area contributed by atoms with Gasteiger partial charge in [0.25, 0.3) is 11.8 Å². The second kappa shape index (κ2) is 11.3. The number of rotatable bonds is 8. The van der Waals surface area contributed by atoms with E-state index in [0.717, 1.165) is 16.8 Å². The molecule has 0 aliphatic carbocycles. The maximum Gasteiger partial charge on any atom is 0.270 e. The fourth-order valence-corrected chi connectivity index (χ4v) is 4.88. The van der Waals surface area contributed by atoms with Crippen molar-refractivity contribution in [3.05, 3.63) is 82.8 Å². The third-order valence-electron chi connectivity index (χ3n) is 5.28. The molecule has 0 saturated carbocycles. The molecule has 0 bridgehead atoms. The number of nitrogens with one attached hydrogen (secondary N) is 1. The van der Waals surface area contributed by atoms with E-state index in [4.69, 9.17) is 26.4 Å². The van der Waals surface area contributed by atoms with Crippen molar-refractivity contribution in [3.8, 4) is 17.2 Å². The van der Waals surface area contributed by atoms with Crippen molar-refractivity contribution in [1.29, 1.82) is 0 Å². The Balaban J connectivity index is 1.45. The Bertz CT molecular complexity index is 1360. The van der Waals surface area contributed by atoms with E-state index in [0.29, 0.717) is 32.2 Å². The Hall–Kier alpha value is -3.82. The molecule has 7 nitrogen and oxygen atoms in total. The summed E-state index contributed by atoms with van der Waals surface area (Å²) in [7, 11) is 3.05. The Kier molecular flexibility index (Phi) is 7.92. The van der Waals surface area contributed by atoms with Gasteiger partial charge in [0.1, 0.15) is 5.75 Å². The van der Waals surface area contributed by atoms with Crippen LogP contribution in [0.4, 0.5) is 11.4 Å². The normalized spacial score (nSPS) is 14.2. The predicted octanol–water partition coefficient (Wildman–Crippen LogP) is 5.44. The number of anilines is 2. The molecule has 4 rings (SSSR count). The third-order valence-corrected chi connectivity index (χ3v) is 6.58. The van der Waals surface area contributed by atoms with Gasteiger partial charge in [-0.3, -0.25) is 14.5 Å². The van der Waals surface area contributed by atoms with Crippen LogP contribution in [0.3, 0.4) is 0 Å². The number of methoxy groups -OCH3 is 2. The second-order valence-electron chi connectivity index (χ2n) is 7.80. The first-order valence-corrected chi connectivity index (χ1v) is 12.2. The summed E-state index contributed by atoms with van der Waals surface area (Å²) in [6.45, 7) is 1.75. The first kappa shape index (κ1) is 25.3. The number of hydrogen-bond donors (Lipinski definition) is 1. The van der Waals surface area contributed by atoms with E-state index < -0.39 is 0 Å². The fourth-order valence-electron chi connectivity index (χ4n) is 3.58. The second-order valence-corrected chi connectivity index (χ2v) is 9.48. The monoisotopic (exact) mass is 520 g/mol. The van der Waals surface area contributed by atoms with E-state index in [2.05, 4.69) is 5.32 Å². The summed E-state index contributed by atoms with van der Waals surface area (Å²) in [5, 5.41) is 2.76. The molecular weight excluding hydrogens is 496 g/mol. The molecule has 0 spiro atoms. The average molecular weight is 521 g/mol. The predicted molar refractivity (Wildman–Crippen MR) is 147 cm³/mol. The molecule has 1 heterocycles. The van der Waals surface area contributed by atoms with Crippen molar-refractivity contribution in [2.24, 2.45) is 0 Å². The molecule has 1 N–H and O–H groups in total. The molecule has 1 aliphatic rings. The highest BCUT2D eigenvalue weighted by molar-refractivity contribution is 8.27. The summed E-state index contributed by atoms with van der Waals surface area (Å²) in [5.74, 6) is 0.870. The number of amides is 2. The van der Waals surface area contributed by atoms with Crippen LogP contribution in [0.15, 0.2) is 71.6 Å². The standard InChI is InChI=1S/C27H24N2O5S2/c1-17-7-6-8-19(13-17)29-26(31)24(36-27(29)35)15-18-11-12-22(23(14-18)33-3)34-16-25(30)28-20-9-4-5-10-21(20)32-2/h4-15H,16H2,1-3H3,(H,28,30)/b24-15+. The molecule has 184 valence electrons. The highest BCUT2D eigenvalue weighted by Gasteiger charge is 2.33. The number of ether oxygens (including phenoxy) is 3. The highest BCUT2D eigenvalue weighted by Crippen LogP contribution is 2.37. The molecule has 36 heavy (non-hydrogen) atoms. The third kappa shape index (κ3) is 5.69. The largest absolute Gasteiger partial charge is 0.495 e. The van der Waals surface area contributed by atoms with Gasteiger partial charge in [-0.15, -0.1) is 0 Å². The van der Waals surface area contributed by atoms with Gasteiger partial charge in [-0.05, 0) is 60.5 Å². The van der Waals surface area contributed by atoms with Crippen LogP contribution in [-0.2, 0) is 9.59 Å². The van der Waals surface area contributed by atoms with E-state index >= 15 is 0 Å². The topological polar surface area (TPSA) is 77.1 Å². The van der Waals surface area contributed by atoms with Crippen molar-refractivity contribution in [1.82, 2.24) is 0 Å². The summed E-state index contributed by atoms with van der Waals surface area (Å²) in [6.07, 6.45) is 1.76. The van der Waals surface area contributed by atoms with Crippen LogP contribution in [0.2, 0.25) is 0 Å². The maximum absolute atomic E-state index is 13.1. The van der Waals surface area contributed by atoms with Gasteiger partial charge in [-0.2, -0.15) is 0 Å². The number of nitrogens with zero attached hydrogens (tertiary/aromatic N) is 1. The van der Waals surface area contributed by atoms with Gasteiger partial charge in [-0.1, -0.05) is 54.3 Å². The summed E-state index contributed by atoms with van der Waals surface area (Å²) in [4.78, 5) is 27.5. The Morgan fingerprint density at radius 2 is 1.78 bits per heavy atom. The first-order valence-electron chi connectivity index (χ1n) is 11.0. The lowest BCUT2D eigenvalue weighted by atomic mass is 10.1. The minimum Gasteiger partial charge on any atom is -0.495 e. The Morgan fingerprint density at radius 3 is 2.53 bits per heavy atom. The quantitative estimate of drug-likeness (QED) is 0.313.